The predicted molar refractivity (Wildman–Crippen MR) is 77.2 cm³/mol. The lowest BCUT2D eigenvalue weighted by molar-refractivity contribution is 0.219. The molecule has 0 saturated carbocycles. The highest BCUT2D eigenvalue weighted by atomic mass is 15.1. The van der Waals surface area contributed by atoms with Crippen LogP contribution in [0.25, 0.3) is 5.52 Å². The summed E-state index contributed by atoms with van der Waals surface area (Å²) in [5.74, 6) is 1.79. The number of hydrogen-bond donors (Lipinski definition) is 1. The quantitative estimate of drug-likeness (QED) is 0.916. The molecule has 1 fully saturated rings. The number of nitrogens with zero attached hydrogens (tertiary/aromatic N) is 3. The summed E-state index contributed by atoms with van der Waals surface area (Å²) in [6, 6.07) is 4.19. The number of piperidine rings is 1. The summed E-state index contributed by atoms with van der Waals surface area (Å²) in [4.78, 5) is 7.16. The summed E-state index contributed by atoms with van der Waals surface area (Å²) in [5.41, 5.74) is 8.07. The molecule has 1 aliphatic rings. The molecule has 4 heteroatoms. The van der Waals surface area contributed by atoms with Gasteiger partial charge >= 0.3 is 0 Å². The molecule has 0 unspecified atom stereocenters. The standard InChI is InChI=1S/C15H22N4/c1-2-18-7-5-13(6-8-18)15-17-10-14-4-3-12(9-16)11-19(14)15/h3-4,10-11,13H,2,5-9,16H2,1H3. The van der Waals surface area contributed by atoms with E-state index < -0.39 is 0 Å². The number of pyridine rings is 1. The van der Waals surface area contributed by atoms with E-state index in [0.29, 0.717) is 12.5 Å². The molecule has 0 aromatic carbocycles. The molecule has 0 amide bonds. The van der Waals surface area contributed by atoms with Crippen LogP contribution >= 0.6 is 0 Å². The van der Waals surface area contributed by atoms with Crippen LogP contribution in [0.3, 0.4) is 0 Å². The van der Waals surface area contributed by atoms with Gasteiger partial charge in [-0.05, 0) is 44.1 Å². The van der Waals surface area contributed by atoms with Gasteiger partial charge in [-0.1, -0.05) is 13.0 Å². The number of nitrogens with two attached hydrogens (primary N) is 1. The molecule has 3 rings (SSSR count). The molecule has 0 atom stereocenters. The Balaban J connectivity index is 1.88. The summed E-state index contributed by atoms with van der Waals surface area (Å²) in [6.45, 7) is 6.35. The molecule has 2 aromatic heterocycles. The zero-order valence-electron chi connectivity index (χ0n) is 11.5. The number of rotatable bonds is 3. The van der Waals surface area contributed by atoms with Gasteiger partial charge in [-0.2, -0.15) is 0 Å². The molecule has 0 bridgehead atoms. The Morgan fingerprint density at radius 3 is 2.79 bits per heavy atom. The molecule has 1 aliphatic heterocycles. The Bertz CT molecular complexity index is 552. The molecule has 0 aliphatic carbocycles. The normalized spacial score (nSPS) is 18.2. The zero-order valence-corrected chi connectivity index (χ0v) is 11.5. The van der Waals surface area contributed by atoms with Crippen LogP contribution in [0.1, 0.15) is 37.1 Å². The van der Waals surface area contributed by atoms with Gasteiger partial charge in [-0.3, -0.25) is 0 Å². The summed E-state index contributed by atoms with van der Waals surface area (Å²) in [7, 11) is 0. The lowest BCUT2D eigenvalue weighted by Gasteiger charge is -2.30. The van der Waals surface area contributed by atoms with E-state index in [2.05, 4.69) is 39.5 Å². The summed E-state index contributed by atoms with van der Waals surface area (Å²) in [6.07, 6.45) is 6.53. The zero-order chi connectivity index (χ0) is 13.2. The molecule has 102 valence electrons. The summed E-state index contributed by atoms with van der Waals surface area (Å²) in [5, 5.41) is 0. The number of aromatic nitrogens is 2. The van der Waals surface area contributed by atoms with Crippen LogP contribution in [0.4, 0.5) is 0 Å². The topological polar surface area (TPSA) is 46.6 Å². The largest absolute Gasteiger partial charge is 0.326 e. The van der Waals surface area contributed by atoms with Gasteiger partial charge in [0, 0.05) is 18.7 Å². The Kier molecular flexibility index (Phi) is 3.53. The molecule has 2 N–H and O–H groups in total. The number of hydrogen-bond acceptors (Lipinski definition) is 3. The molecule has 2 aromatic rings. The van der Waals surface area contributed by atoms with Gasteiger partial charge in [0.05, 0.1) is 11.7 Å². The molecule has 0 spiro atoms. The van der Waals surface area contributed by atoms with Crippen LogP contribution in [0, 0.1) is 0 Å². The fourth-order valence-electron chi connectivity index (χ4n) is 2.98. The third kappa shape index (κ3) is 2.38. The highest BCUT2D eigenvalue weighted by molar-refractivity contribution is 5.47. The van der Waals surface area contributed by atoms with Crippen molar-refractivity contribution >= 4 is 5.52 Å². The van der Waals surface area contributed by atoms with E-state index in [1.54, 1.807) is 0 Å². The number of imidazole rings is 1. The second-order valence-electron chi connectivity index (χ2n) is 5.36. The first-order valence-corrected chi connectivity index (χ1v) is 7.20. The van der Waals surface area contributed by atoms with E-state index in [-0.39, 0.29) is 0 Å². The highest BCUT2D eigenvalue weighted by Gasteiger charge is 2.22. The van der Waals surface area contributed by atoms with Crippen LogP contribution in [0.2, 0.25) is 0 Å². The van der Waals surface area contributed by atoms with Gasteiger partial charge in [-0.15, -0.1) is 0 Å². The monoisotopic (exact) mass is 258 g/mol. The molecule has 1 saturated heterocycles. The molecule has 19 heavy (non-hydrogen) atoms. The van der Waals surface area contributed by atoms with Gasteiger partial charge in [0.15, 0.2) is 0 Å². The fraction of sp³-hybridized carbons (Fsp3) is 0.533. The van der Waals surface area contributed by atoms with E-state index >= 15 is 0 Å². The van der Waals surface area contributed by atoms with E-state index in [4.69, 9.17) is 5.73 Å². The van der Waals surface area contributed by atoms with Crippen molar-refractivity contribution in [2.45, 2.75) is 32.2 Å². The average molecular weight is 258 g/mol. The number of fused-ring (bicyclic) bond motifs is 1. The maximum Gasteiger partial charge on any atom is 0.116 e. The average Bonchev–Trinajstić information content (AvgIpc) is 2.90. The summed E-state index contributed by atoms with van der Waals surface area (Å²) >= 11 is 0. The second kappa shape index (κ2) is 5.31. The maximum atomic E-state index is 5.73. The van der Waals surface area contributed by atoms with Crippen molar-refractivity contribution in [2.24, 2.45) is 5.73 Å². The lowest BCUT2D eigenvalue weighted by atomic mass is 9.96. The van der Waals surface area contributed by atoms with Crippen molar-refractivity contribution in [1.82, 2.24) is 14.3 Å². The molecule has 3 heterocycles. The van der Waals surface area contributed by atoms with Crippen molar-refractivity contribution in [1.29, 1.82) is 0 Å². The van der Waals surface area contributed by atoms with E-state index in [9.17, 15) is 0 Å². The van der Waals surface area contributed by atoms with Crippen molar-refractivity contribution in [3.8, 4) is 0 Å². The van der Waals surface area contributed by atoms with Crippen molar-refractivity contribution < 1.29 is 0 Å². The van der Waals surface area contributed by atoms with Gasteiger partial charge in [0.1, 0.15) is 5.82 Å². The van der Waals surface area contributed by atoms with E-state index in [1.165, 1.54) is 37.3 Å². The minimum Gasteiger partial charge on any atom is -0.326 e. The van der Waals surface area contributed by atoms with Crippen LogP contribution in [-0.2, 0) is 6.54 Å². The third-order valence-corrected chi connectivity index (χ3v) is 4.25. The first-order chi connectivity index (χ1) is 9.31. The smallest absolute Gasteiger partial charge is 0.116 e. The molecular formula is C15H22N4. The summed E-state index contributed by atoms with van der Waals surface area (Å²) < 4.78 is 2.23. The Morgan fingerprint density at radius 1 is 1.32 bits per heavy atom. The van der Waals surface area contributed by atoms with Gasteiger partial charge < -0.3 is 15.0 Å². The van der Waals surface area contributed by atoms with Crippen LogP contribution in [0.15, 0.2) is 24.5 Å². The van der Waals surface area contributed by atoms with Crippen molar-refractivity contribution in [3.05, 3.63) is 35.9 Å². The van der Waals surface area contributed by atoms with E-state index in [0.717, 1.165) is 12.1 Å². The minimum atomic E-state index is 0.582. The lowest BCUT2D eigenvalue weighted by Crippen LogP contribution is -2.33. The highest BCUT2D eigenvalue weighted by Crippen LogP contribution is 2.27. The van der Waals surface area contributed by atoms with Crippen LogP contribution < -0.4 is 5.73 Å². The van der Waals surface area contributed by atoms with Crippen LogP contribution in [0.5, 0.6) is 0 Å². The fourth-order valence-corrected chi connectivity index (χ4v) is 2.98. The van der Waals surface area contributed by atoms with Crippen molar-refractivity contribution in [2.75, 3.05) is 19.6 Å². The molecular weight excluding hydrogens is 236 g/mol. The van der Waals surface area contributed by atoms with Gasteiger partial charge in [-0.25, -0.2) is 4.98 Å². The first kappa shape index (κ1) is 12.6. The Labute approximate surface area is 114 Å². The molecule has 0 radical (unpaired) electrons. The van der Waals surface area contributed by atoms with Crippen molar-refractivity contribution in [3.63, 3.8) is 0 Å². The van der Waals surface area contributed by atoms with E-state index in [1.807, 2.05) is 6.20 Å². The Morgan fingerprint density at radius 2 is 2.11 bits per heavy atom. The maximum absolute atomic E-state index is 5.73. The second-order valence-corrected chi connectivity index (χ2v) is 5.36. The SMILES string of the molecule is CCN1CCC(c2ncc3ccc(CN)cn23)CC1. The first-order valence-electron chi connectivity index (χ1n) is 7.20. The van der Waals surface area contributed by atoms with Gasteiger partial charge in [0.25, 0.3) is 0 Å². The molecule has 4 nitrogen and oxygen atoms in total. The van der Waals surface area contributed by atoms with Gasteiger partial charge in [0.2, 0.25) is 0 Å². The minimum absolute atomic E-state index is 0.582. The Hall–Kier alpha value is -1.39. The van der Waals surface area contributed by atoms with Crippen LogP contribution in [-0.4, -0.2) is 33.9 Å². The predicted octanol–water partition coefficient (Wildman–Crippen LogP) is 1.99. The third-order valence-electron chi connectivity index (χ3n) is 4.25. The number of likely N-dealkylation sites (tertiary alicyclic amines) is 1.